The Morgan fingerprint density at radius 1 is 1.43 bits per heavy atom. The van der Waals surface area contributed by atoms with Crippen LogP contribution in [0.15, 0.2) is 18.2 Å². The minimum Gasteiger partial charge on any atom is -0.496 e. The highest BCUT2D eigenvalue weighted by molar-refractivity contribution is 14.1. The number of methoxy groups -OCH3 is 2. The van der Waals surface area contributed by atoms with E-state index in [0.717, 1.165) is 5.69 Å². The summed E-state index contributed by atoms with van der Waals surface area (Å²) in [7, 11) is 2.85. The minimum absolute atomic E-state index is 0.407. The first-order valence-electron chi connectivity index (χ1n) is 3.86. The van der Waals surface area contributed by atoms with Crippen LogP contribution in [-0.4, -0.2) is 20.2 Å². The van der Waals surface area contributed by atoms with Crippen molar-refractivity contribution in [1.82, 2.24) is 0 Å². The Morgan fingerprint density at radius 2 is 2.14 bits per heavy atom. The molecule has 0 bridgehead atoms. The van der Waals surface area contributed by atoms with Crippen LogP contribution in [0.4, 0.5) is 5.69 Å². The summed E-state index contributed by atoms with van der Waals surface area (Å²) >= 11 is 1.99. The molecule has 1 aromatic rings. The SMILES string of the molecule is COC(=O)c1cc(NI)ccc1OC. The van der Waals surface area contributed by atoms with E-state index in [1.807, 2.05) is 28.9 Å². The molecule has 1 rings (SSSR count). The Hall–Kier alpha value is -0.980. The zero-order chi connectivity index (χ0) is 10.6. The van der Waals surface area contributed by atoms with Gasteiger partial charge in [0.2, 0.25) is 0 Å². The lowest BCUT2D eigenvalue weighted by molar-refractivity contribution is 0.0597. The van der Waals surface area contributed by atoms with Crippen LogP contribution < -0.4 is 8.27 Å². The summed E-state index contributed by atoms with van der Waals surface area (Å²) in [6, 6.07) is 5.21. The molecule has 0 unspecified atom stereocenters. The molecule has 0 saturated heterocycles. The highest BCUT2D eigenvalue weighted by Crippen LogP contribution is 2.23. The number of ether oxygens (including phenoxy) is 2. The van der Waals surface area contributed by atoms with Gasteiger partial charge in [-0.3, -0.25) is 0 Å². The van der Waals surface area contributed by atoms with E-state index >= 15 is 0 Å². The minimum atomic E-state index is -0.407. The molecule has 5 heteroatoms. The third-order valence-electron chi connectivity index (χ3n) is 1.71. The number of rotatable bonds is 3. The lowest BCUT2D eigenvalue weighted by Gasteiger charge is -2.07. The molecule has 0 radical (unpaired) electrons. The van der Waals surface area contributed by atoms with Gasteiger partial charge in [0, 0.05) is 5.69 Å². The Balaban J connectivity index is 3.14. The summed E-state index contributed by atoms with van der Waals surface area (Å²) in [5.41, 5.74) is 1.24. The number of hydrogen-bond donors (Lipinski definition) is 1. The fraction of sp³-hybridized carbons (Fsp3) is 0.222. The van der Waals surface area contributed by atoms with Crippen LogP contribution in [0, 0.1) is 0 Å². The van der Waals surface area contributed by atoms with Gasteiger partial charge in [-0.15, -0.1) is 0 Å². The second kappa shape index (κ2) is 5.04. The molecule has 0 atom stereocenters. The maximum Gasteiger partial charge on any atom is 0.341 e. The molecule has 0 amide bonds. The molecule has 14 heavy (non-hydrogen) atoms. The molecule has 76 valence electrons. The van der Waals surface area contributed by atoms with Crippen molar-refractivity contribution in [3.63, 3.8) is 0 Å². The number of carbonyl (C=O) groups excluding carboxylic acids is 1. The van der Waals surface area contributed by atoms with Crippen LogP contribution in [0.25, 0.3) is 0 Å². The molecular weight excluding hydrogens is 297 g/mol. The summed E-state index contributed by atoms with van der Waals surface area (Å²) < 4.78 is 12.6. The summed E-state index contributed by atoms with van der Waals surface area (Å²) in [5, 5.41) is 0. The Bertz CT molecular complexity index is 341. The Labute approximate surface area is 96.1 Å². The molecule has 0 aliphatic carbocycles. The smallest absolute Gasteiger partial charge is 0.341 e. The van der Waals surface area contributed by atoms with Crippen molar-refractivity contribution in [2.45, 2.75) is 0 Å². The Morgan fingerprint density at radius 3 is 2.64 bits per heavy atom. The molecular formula is C9H10INO3. The van der Waals surface area contributed by atoms with Crippen molar-refractivity contribution >= 4 is 34.5 Å². The molecule has 4 nitrogen and oxygen atoms in total. The quantitative estimate of drug-likeness (QED) is 0.528. The first kappa shape index (κ1) is 11.1. The number of anilines is 1. The van der Waals surface area contributed by atoms with Gasteiger partial charge < -0.3 is 13.0 Å². The van der Waals surface area contributed by atoms with Gasteiger partial charge in [0.05, 0.1) is 37.1 Å². The first-order valence-corrected chi connectivity index (χ1v) is 4.93. The summed E-state index contributed by atoms with van der Waals surface area (Å²) in [5.74, 6) is 0.0996. The number of halogens is 1. The maximum absolute atomic E-state index is 11.3. The zero-order valence-electron chi connectivity index (χ0n) is 7.83. The van der Waals surface area contributed by atoms with Gasteiger partial charge in [-0.05, 0) is 18.2 Å². The fourth-order valence-corrected chi connectivity index (χ4v) is 1.37. The third-order valence-corrected chi connectivity index (χ3v) is 2.34. The monoisotopic (exact) mass is 307 g/mol. The van der Waals surface area contributed by atoms with Crippen molar-refractivity contribution in [3.8, 4) is 5.75 Å². The average molecular weight is 307 g/mol. The largest absolute Gasteiger partial charge is 0.496 e. The molecule has 0 aliphatic rings. The van der Waals surface area contributed by atoms with Gasteiger partial charge in [-0.2, -0.15) is 0 Å². The molecule has 0 heterocycles. The van der Waals surface area contributed by atoms with E-state index in [1.165, 1.54) is 14.2 Å². The summed E-state index contributed by atoms with van der Waals surface area (Å²) in [4.78, 5) is 11.3. The summed E-state index contributed by atoms with van der Waals surface area (Å²) in [6.07, 6.45) is 0. The van der Waals surface area contributed by atoms with E-state index in [2.05, 4.69) is 8.27 Å². The Kier molecular flexibility index (Phi) is 3.99. The van der Waals surface area contributed by atoms with Crippen LogP contribution in [0.3, 0.4) is 0 Å². The molecule has 0 aromatic heterocycles. The van der Waals surface area contributed by atoms with Crippen molar-refractivity contribution in [2.75, 3.05) is 17.7 Å². The summed E-state index contributed by atoms with van der Waals surface area (Å²) in [6.45, 7) is 0. The van der Waals surface area contributed by atoms with Crippen molar-refractivity contribution in [3.05, 3.63) is 23.8 Å². The average Bonchev–Trinajstić information content (AvgIpc) is 2.27. The highest BCUT2D eigenvalue weighted by atomic mass is 127. The lowest BCUT2D eigenvalue weighted by atomic mass is 10.2. The standard InChI is InChI=1S/C9H10INO3/c1-13-8-4-3-6(11-10)5-7(8)9(12)14-2/h3-5,11H,1-2H3. The van der Waals surface area contributed by atoms with E-state index in [-0.39, 0.29) is 0 Å². The molecule has 1 N–H and O–H groups in total. The van der Waals surface area contributed by atoms with E-state index in [9.17, 15) is 4.79 Å². The van der Waals surface area contributed by atoms with Crippen LogP contribution in [0.1, 0.15) is 10.4 Å². The van der Waals surface area contributed by atoms with Gasteiger partial charge in [0.25, 0.3) is 0 Å². The predicted molar refractivity (Wildman–Crippen MR) is 62.0 cm³/mol. The maximum atomic E-state index is 11.3. The first-order chi connectivity index (χ1) is 6.72. The highest BCUT2D eigenvalue weighted by Gasteiger charge is 2.12. The van der Waals surface area contributed by atoms with E-state index in [1.54, 1.807) is 12.1 Å². The zero-order valence-corrected chi connectivity index (χ0v) is 9.99. The van der Waals surface area contributed by atoms with Gasteiger partial charge in [0.1, 0.15) is 11.3 Å². The van der Waals surface area contributed by atoms with Crippen LogP contribution >= 0.6 is 22.9 Å². The van der Waals surface area contributed by atoms with Crippen molar-refractivity contribution in [1.29, 1.82) is 0 Å². The number of esters is 1. The van der Waals surface area contributed by atoms with Gasteiger partial charge in [-0.25, -0.2) is 4.79 Å². The van der Waals surface area contributed by atoms with E-state index < -0.39 is 5.97 Å². The van der Waals surface area contributed by atoms with Crippen molar-refractivity contribution in [2.24, 2.45) is 0 Å². The molecule has 0 saturated carbocycles. The number of nitrogens with one attached hydrogen (secondary N) is 1. The molecule has 0 aliphatic heterocycles. The third kappa shape index (κ3) is 2.28. The van der Waals surface area contributed by atoms with Gasteiger partial charge in [-0.1, -0.05) is 0 Å². The second-order valence-corrected chi connectivity index (χ2v) is 3.04. The molecule has 0 fully saturated rings. The van der Waals surface area contributed by atoms with E-state index in [0.29, 0.717) is 11.3 Å². The topological polar surface area (TPSA) is 47.6 Å². The number of hydrogen-bond acceptors (Lipinski definition) is 4. The number of carbonyl (C=O) groups is 1. The molecule has 0 spiro atoms. The predicted octanol–water partition coefficient (Wildman–Crippen LogP) is 2.24. The van der Waals surface area contributed by atoms with Crippen LogP contribution in [-0.2, 0) is 4.74 Å². The lowest BCUT2D eigenvalue weighted by Crippen LogP contribution is -2.04. The van der Waals surface area contributed by atoms with Crippen LogP contribution in [0.5, 0.6) is 5.75 Å². The van der Waals surface area contributed by atoms with Gasteiger partial charge >= 0.3 is 5.97 Å². The van der Waals surface area contributed by atoms with Gasteiger partial charge in [0.15, 0.2) is 0 Å². The van der Waals surface area contributed by atoms with Crippen molar-refractivity contribution < 1.29 is 14.3 Å². The second-order valence-electron chi connectivity index (χ2n) is 2.50. The number of benzene rings is 1. The van der Waals surface area contributed by atoms with Crippen LogP contribution in [0.2, 0.25) is 0 Å². The molecule has 1 aromatic carbocycles. The fourth-order valence-electron chi connectivity index (χ4n) is 1.04. The normalized spacial score (nSPS) is 9.36. The van der Waals surface area contributed by atoms with E-state index in [4.69, 9.17) is 4.74 Å².